The van der Waals surface area contributed by atoms with E-state index in [1.807, 2.05) is 24.0 Å². The molecule has 0 saturated carbocycles. The van der Waals surface area contributed by atoms with Gasteiger partial charge >= 0.3 is 0 Å². The van der Waals surface area contributed by atoms with Crippen LogP contribution in [0.2, 0.25) is 0 Å². The van der Waals surface area contributed by atoms with Crippen molar-refractivity contribution in [3.05, 3.63) is 17.6 Å². The van der Waals surface area contributed by atoms with E-state index in [-0.39, 0.29) is 6.61 Å². The Labute approximate surface area is 109 Å². The van der Waals surface area contributed by atoms with E-state index in [9.17, 15) is 5.11 Å². The van der Waals surface area contributed by atoms with Crippen LogP contribution in [0.5, 0.6) is 0 Å². The van der Waals surface area contributed by atoms with Gasteiger partial charge in [-0.1, -0.05) is 0 Å². The number of anilines is 2. The minimum absolute atomic E-state index is 0.244. The summed E-state index contributed by atoms with van der Waals surface area (Å²) >= 11 is 1.51. The molecule has 1 aromatic heterocycles. The Hall–Kier alpha value is -1.37. The molecule has 0 radical (unpaired) electrons. The number of benzene rings is 1. The van der Waals surface area contributed by atoms with E-state index in [0.29, 0.717) is 6.54 Å². The zero-order valence-electron chi connectivity index (χ0n) is 10.2. The number of fused-ring (bicyclic) bond motifs is 1. The van der Waals surface area contributed by atoms with Crippen molar-refractivity contribution in [1.82, 2.24) is 4.98 Å². The van der Waals surface area contributed by atoms with Gasteiger partial charge in [-0.05, 0) is 19.1 Å². The molecule has 0 spiro atoms. The third kappa shape index (κ3) is 2.40. The SMILES string of the molecule is CCN(CC(O)CO)c1ccc(N)c2scnc12. The second kappa shape index (κ2) is 5.51. The maximum Gasteiger partial charge on any atom is 0.107 e. The van der Waals surface area contributed by atoms with E-state index in [2.05, 4.69) is 4.98 Å². The highest BCUT2D eigenvalue weighted by molar-refractivity contribution is 7.17. The predicted molar refractivity (Wildman–Crippen MR) is 75.0 cm³/mol. The van der Waals surface area contributed by atoms with Crippen LogP contribution in [-0.4, -0.2) is 41.0 Å². The topological polar surface area (TPSA) is 82.6 Å². The average Bonchev–Trinajstić information content (AvgIpc) is 2.86. The monoisotopic (exact) mass is 267 g/mol. The molecule has 98 valence electrons. The van der Waals surface area contributed by atoms with Gasteiger partial charge in [0, 0.05) is 13.1 Å². The van der Waals surface area contributed by atoms with Crippen LogP contribution in [0, 0.1) is 0 Å². The van der Waals surface area contributed by atoms with Crippen LogP contribution in [0.4, 0.5) is 11.4 Å². The third-order valence-corrected chi connectivity index (χ3v) is 3.73. The fourth-order valence-corrected chi connectivity index (χ4v) is 2.66. The zero-order valence-corrected chi connectivity index (χ0v) is 11.0. The number of nitrogens with zero attached hydrogens (tertiary/aromatic N) is 2. The summed E-state index contributed by atoms with van der Waals surface area (Å²) in [5.41, 5.74) is 10.2. The predicted octanol–water partition coefficient (Wildman–Crippen LogP) is 1.06. The van der Waals surface area contributed by atoms with Crippen LogP contribution >= 0.6 is 11.3 Å². The molecule has 0 fully saturated rings. The number of aromatic nitrogens is 1. The minimum atomic E-state index is -0.754. The molecule has 0 aliphatic heterocycles. The minimum Gasteiger partial charge on any atom is -0.398 e. The van der Waals surface area contributed by atoms with Gasteiger partial charge in [0.05, 0.1) is 34.3 Å². The van der Waals surface area contributed by atoms with Crippen LogP contribution in [0.25, 0.3) is 10.2 Å². The van der Waals surface area contributed by atoms with Gasteiger partial charge < -0.3 is 20.8 Å². The molecule has 0 saturated heterocycles. The Morgan fingerprint density at radius 1 is 1.50 bits per heavy atom. The lowest BCUT2D eigenvalue weighted by atomic mass is 10.2. The van der Waals surface area contributed by atoms with Crippen LogP contribution in [0.1, 0.15) is 6.92 Å². The van der Waals surface area contributed by atoms with E-state index in [1.165, 1.54) is 11.3 Å². The molecule has 2 aromatic rings. The summed E-state index contributed by atoms with van der Waals surface area (Å²) in [5.74, 6) is 0. The number of nitrogens with two attached hydrogens (primary N) is 1. The van der Waals surface area contributed by atoms with Gasteiger partial charge in [-0.2, -0.15) is 0 Å². The summed E-state index contributed by atoms with van der Waals surface area (Å²) in [5, 5.41) is 18.5. The molecule has 1 unspecified atom stereocenters. The smallest absolute Gasteiger partial charge is 0.107 e. The Morgan fingerprint density at radius 3 is 2.94 bits per heavy atom. The van der Waals surface area contributed by atoms with E-state index in [4.69, 9.17) is 10.8 Å². The number of aliphatic hydroxyl groups excluding tert-OH is 2. The highest BCUT2D eigenvalue weighted by Crippen LogP contribution is 2.32. The van der Waals surface area contributed by atoms with E-state index in [0.717, 1.165) is 28.1 Å². The van der Waals surface area contributed by atoms with Crippen molar-refractivity contribution in [1.29, 1.82) is 0 Å². The molecule has 1 aromatic carbocycles. The molecular weight excluding hydrogens is 250 g/mol. The molecule has 1 heterocycles. The second-order valence-corrected chi connectivity index (χ2v) is 4.93. The van der Waals surface area contributed by atoms with Gasteiger partial charge in [-0.25, -0.2) is 4.98 Å². The summed E-state index contributed by atoms with van der Waals surface area (Å²) in [6.07, 6.45) is -0.754. The Bertz CT molecular complexity index is 529. The number of rotatable bonds is 5. The summed E-state index contributed by atoms with van der Waals surface area (Å²) in [6, 6.07) is 3.76. The highest BCUT2D eigenvalue weighted by atomic mass is 32.1. The van der Waals surface area contributed by atoms with Crippen molar-refractivity contribution in [2.24, 2.45) is 0 Å². The molecule has 4 N–H and O–H groups in total. The van der Waals surface area contributed by atoms with Crippen LogP contribution in [0.3, 0.4) is 0 Å². The van der Waals surface area contributed by atoms with Gasteiger partial charge in [0.25, 0.3) is 0 Å². The lowest BCUT2D eigenvalue weighted by Crippen LogP contribution is -2.34. The number of hydrogen-bond acceptors (Lipinski definition) is 6. The number of thiazole rings is 1. The number of hydrogen-bond donors (Lipinski definition) is 3. The van der Waals surface area contributed by atoms with Crippen molar-refractivity contribution < 1.29 is 10.2 Å². The fraction of sp³-hybridized carbons (Fsp3) is 0.417. The Balaban J connectivity index is 2.39. The lowest BCUT2D eigenvalue weighted by Gasteiger charge is -2.25. The number of likely N-dealkylation sites (N-methyl/N-ethyl adjacent to an activating group) is 1. The molecule has 0 bridgehead atoms. The third-order valence-electron chi connectivity index (χ3n) is 2.86. The fourth-order valence-electron chi connectivity index (χ4n) is 1.92. The van der Waals surface area contributed by atoms with Crippen LogP contribution in [-0.2, 0) is 0 Å². The maximum absolute atomic E-state index is 9.56. The van der Waals surface area contributed by atoms with Crippen LogP contribution in [0.15, 0.2) is 17.6 Å². The number of aliphatic hydroxyl groups is 2. The second-order valence-electron chi connectivity index (χ2n) is 4.08. The van der Waals surface area contributed by atoms with E-state index >= 15 is 0 Å². The molecule has 18 heavy (non-hydrogen) atoms. The summed E-state index contributed by atoms with van der Waals surface area (Å²) in [6.45, 7) is 2.86. The normalized spacial score (nSPS) is 12.8. The molecule has 1 atom stereocenters. The van der Waals surface area contributed by atoms with Gasteiger partial charge in [0.15, 0.2) is 0 Å². The largest absolute Gasteiger partial charge is 0.398 e. The molecule has 2 rings (SSSR count). The maximum atomic E-state index is 9.56. The Morgan fingerprint density at radius 2 is 2.28 bits per heavy atom. The van der Waals surface area contributed by atoms with Gasteiger partial charge in [-0.15, -0.1) is 11.3 Å². The van der Waals surface area contributed by atoms with Gasteiger partial charge in [0.2, 0.25) is 0 Å². The van der Waals surface area contributed by atoms with Gasteiger partial charge in [-0.3, -0.25) is 0 Å². The average molecular weight is 267 g/mol. The van der Waals surface area contributed by atoms with Crippen molar-refractivity contribution in [3.63, 3.8) is 0 Å². The molecule has 0 aliphatic rings. The lowest BCUT2D eigenvalue weighted by molar-refractivity contribution is 0.100. The Kier molecular flexibility index (Phi) is 4.00. The zero-order chi connectivity index (χ0) is 13.1. The summed E-state index contributed by atoms with van der Waals surface area (Å²) in [7, 11) is 0. The molecule has 5 nitrogen and oxygen atoms in total. The van der Waals surface area contributed by atoms with Crippen molar-refractivity contribution in [3.8, 4) is 0 Å². The van der Waals surface area contributed by atoms with Crippen molar-refractivity contribution in [2.75, 3.05) is 30.3 Å². The molecule has 0 aliphatic carbocycles. The molecular formula is C12H17N3O2S. The first-order chi connectivity index (χ1) is 8.67. The van der Waals surface area contributed by atoms with Crippen LogP contribution < -0.4 is 10.6 Å². The summed E-state index contributed by atoms with van der Waals surface area (Å²) in [4.78, 5) is 6.32. The van der Waals surface area contributed by atoms with E-state index < -0.39 is 6.10 Å². The van der Waals surface area contributed by atoms with Crippen molar-refractivity contribution in [2.45, 2.75) is 13.0 Å². The highest BCUT2D eigenvalue weighted by Gasteiger charge is 2.15. The quantitative estimate of drug-likeness (QED) is 0.706. The molecule has 0 amide bonds. The first-order valence-corrected chi connectivity index (χ1v) is 6.70. The molecule has 6 heteroatoms. The summed E-state index contributed by atoms with van der Waals surface area (Å²) < 4.78 is 0.962. The van der Waals surface area contributed by atoms with Crippen molar-refractivity contribution >= 4 is 32.9 Å². The number of nitrogen functional groups attached to an aromatic ring is 1. The first kappa shape index (κ1) is 13.1. The first-order valence-electron chi connectivity index (χ1n) is 5.83. The standard InChI is InChI=1S/C12H17N3O2S/c1-2-15(5-8(17)6-16)10-4-3-9(13)12-11(10)14-7-18-12/h3-4,7-8,16-17H,2,5-6,13H2,1H3. The van der Waals surface area contributed by atoms with E-state index in [1.54, 1.807) is 5.51 Å². The van der Waals surface area contributed by atoms with Gasteiger partial charge in [0.1, 0.15) is 5.52 Å².